The summed E-state index contributed by atoms with van der Waals surface area (Å²) >= 11 is 0. The number of rotatable bonds is 6. The lowest BCUT2D eigenvalue weighted by molar-refractivity contribution is -0.118. The van der Waals surface area contributed by atoms with E-state index in [9.17, 15) is 9.90 Å². The molecule has 1 N–H and O–H groups in total. The average Bonchev–Trinajstić information content (AvgIpc) is 2.18. The van der Waals surface area contributed by atoms with Gasteiger partial charge in [0.2, 0.25) is 0 Å². The van der Waals surface area contributed by atoms with Crippen LogP contribution in [-0.2, 0) is 4.79 Å². The molecule has 82 valence electrons. The quantitative estimate of drug-likeness (QED) is 0.524. The third-order valence-electron chi connectivity index (χ3n) is 2.80. The zero-order valence-electron chi connectivity index (χ0n) is 9.71. The van der Waals surface area contributed by atoms with E-state index in [0.717, 1.165) is 19.3 Å². The molecule has 0 aromatic rings. The number of ketones is 1. The number of allylic oxidation sites excluding steroid dienone is 2. The number of carbonyl (C=O) groups is 1. The lowest BCUT2D eigenvalue weighted by Gasteiger charge is -2.10. The number of hydrogen-bond acceptors (Lipinski definition) is 2. The van der Waals surface area contributed by atoms with Crippen LogP contribution < -0.4 is 0 Å². The van der Waals surface area contributed by atoms with Crippen LogP contribution in [0, 0.1) is 11.8 Å². The van der Waals surface area contributed by atoms with Gasteiger partial charge in [0, 0.05) is 17.9 Å². The third kappa shape index (κ3) is 3.95. The molecule has 14 heavy (non-hydrogen) atoms. The van der Waals surface area contributed by atoms with Gasteiger partial charge >= 0.3 is 0 Å². The molecule has 0 aliphatic heterocycles. The molecule has 1 unspecified atom stereocenters. The van der Waals surface area contributed by atoms with Crippen LogP contribution in [-0.4, -0.2) is 10.9 Å². The fraction of sp³-hybridized carbons (Fsp3) is 0.750. The van der Waals surface area contributed by atoms with Crippen LogP contribution in [0.5, 0.6) is 0 Å². The zero-order chi connectivity index (χ0) is 11.1. The smallest absolute Gasteiger partial charge is 0.162 e. The van der Waals surface area contributed by atoms with Gasteiger partial charge in [0.15, 0.2) is 5.78 Å². The van der Waals surface area contributed by atoms with Gasteiger partial charge in [-0.1, -0.05) is 27.7 Å². The first-order chi connectivity index (χ1) is 6.56. The second kappa shape index (κ2) is 6.63. The van der Waals surface area contributed by atoms with E-state index < -0.39 is 0 Å². The molecule has 0 rings (SSSR count). The van der Waals surface area contributed by atoms with Gasteiger partial charge in [-0.15, -0.1) is 0 Å². The lowest BCUT2D eigenvalue weighted by Crippen LogP contribution is -2.11. The van der Waals surface area contributed by atoms with E-state index in [2.05, 4.69) is 0 Å². The maximum Gasteiger partial charge on any atom is 0.162 e. The SMILES string of the molecule is CCC(CC)C(=O)/C=C(\O)C(C)CC. The molecule has 0 aliphatic carbocycles. The van der Waals surface area contributed by atoms with E-state index in [1.807, 2.05) is 27.7 Å². The number of hydrogen-bond donors (Lipinski definition) is 1. The highest BCUT2D eigenvalue weighted by Crippen LogP contribution is 2.15. The molecule has 0 saturated carbocycles. The monoisotopic (exact) mass is 198 g/mol. The van der Waals surface area contributed by atoms with Crippen LogP contribution in [0.2, 0.25) is 0 Å². The first-order valence-electron chi connectivity index (χ1n) is 5.51. The van der Waals surface area contributed by atoms with Crippen LogP contribution in [0.1, 0.15) is 47.0 Å². The molecule has 0 aromatic carbocycles. The molecular formula is C12H22O2. The molecule has 0 amide bonds. The minimum absolute atomic E-state index is 0.0628. The summed E-state index contributed by atoms with van der Waals surface area (Å²) in [4.78, 5) is 11.6. The van der Waals surface area contributed by atoms with E-state index in [1.54, 1.807) is 0 Å². The van der Waals surface area contributed by atoms with Gasteiger partial charge < -0.3 is 5.11 Å². The Morgan fingerprint density at radius 3 is 2.07 bits per heavy atom. The summed E-state index contributed by atoms with van der Waals surface area (Å²) < 4.78 is 0. The Labute approximate surface area is 87.0 Å². The summed E-state index contributed by atoms with van der Waals surface area (Å²) in [5, 5.41) is 9.57. The summed E-state index contributed by atoms with van der Waals surface area (Å²) in [6.45, 7) is 7.92. The predicted octanol–water partition coefficient (Wildman–Crippen LogP) is 3.48. The normalized spacial score (nSPS) is 14.5. The Morgan fingerprint density at radius 1 is 1.21 bits per heavy atom. The number of carbonyl (C=O) groups excluding carboxylic acids is 1. The summed E-state index contributed by atoms with van der Waals surface area (Å²) in [6, 6.07) is 0. The van der Waals surface area contributed by atoms with Crippen LogP contribution in [0.15, 0.2) is 11.8 Å². The van der Waals surface area contributed by atoms with Crippen LogP contribution in [0.25, 0.3) is 0 Å². The highest BCUT2D eigenvalue weighted by Gasteiger charge is 2.14. The Morgan fingerprint density at radius 2 is 1.71 bits per heavy atom. The maximum atomic E-state index is 11.6. The van der Waals surface area contributed by atoms with E-state index in [1.165, 1.54) is 6.08 Å². The number of aliphatic hydroxyl groups is 1. The molecule has 0 fully saturated rings. The minimum Gasteiger partial charge on any atom is -0.512 e. The van der Waals surface area contributed by atoms with E-state index >= 15 is 0 Å². The van der Waals surface area contributed by atoms with Gasteiger partial charge in [0.25, 0.3) is 0 Å². The van der Waals surface area contributed by atoms with Crippen molar-refractivity contribution in [2.75, 3.05) is 0 Å². The van der Waals surface area contributed by atoms with Crippen LogP contribution in [0.4, 0.5) is 0 Å². The molecule has 1 atom stereocenters. The van der Waals surface area contributed by atoms with E-state index in [0.29, 0.717) is 0 Å². The van der Waals surface area contributed by atoms with Gasteiger partial charge in [-0.05, 0) is 19.3 Å². The predicted molar refractivity (Wildman–Crippen MR) is 59.2 cm³/mol. The molecule has 0 radical (unpaired) electrons. The van der Waals surface area contributed by atoms with Crippen molar-refractivity contribution < 1.29 is 9.90 Å². The minimum atomic E-state index is 0.0628. The van der Waals surface area contributed by atoms with E-state index in [-0.39, 0.29) is 23.4 Å². The standard InChI is InChI=1S/C12H22O2/c1-5-9(4)11(13)8-12(14)10(6-2)7-3/h8-10,13H,5-7H2,1-4H3/b11-8-. The Balaban J connectivity index is 4.40. The van der Waals surface area contributed by atoms with Gasteiger partial charge in [0.05, 0.1) is 5.76 Å². The van der Waals surface area contributed by atoms with Crippen molar-refractivity contribution in [1.82, 2.24) is 0 Å². The molecule has 2 nitrogen and oxygen atoms in total. The van der Waals surface area contributed by atoms with Gasteiger partial charge in [0.1, 0.15) is 0 Å². The van der Waals surface area contributed by atoms with Gasteiger partial charge in [-0.3, -0.25) is 4.79 Å². The molecular weight excluding hydrogens is 176 g/mol. The second-order valence-corrected chi connectivity index (χ2v) is 3.79. The highest BCUT2D eigenvalue weighted by atomic mass is 16.3. The first kappa shape index (κ1) is 13.2. The van der Waals surface area contributed by atoms with Crippen molar-refractivity contribution in [2.45, 2.75) is 47.0 Å². The molecule has 0 heterocycles. The second-order valence-electron chi connectivity index (χ2n) is 3.79. The average molecular weight is 198 g/mol. The zero-order valence-corrected chi connectivity index (χ0v) is 9.71. The van der Waals surface area contributed by atoms with Crippen molar-refractivity contribution >= 4 is 5.78 Å². The fourth-order valence-corrected chi connectivity index (χ4v) is 1.31. The summed E-state index contributed by atoms with van der Waals surface area (Å²) in [6.07, 6.45) is 3.96. The molecule has 0 bridgehead atoms. The lowest BCUT2D eigenvalue weighted by atomic mass is 9.96. The van der Waals surface area contributed by atoms with Crippen molar-refractivity contribution in [1.29, 1.82) is 0 Å². The molecule has 2 heteroatoms. The summed E-state index contributed by atoms with van der Waals surface area (Å²) in [7, 11) is 0. The Hall–Kier alpha value is -0.790. The Kier molecular flexibility index (Phi) is 6.26. The first-order valence-corrected chi connectivity index (χ1v) is 5.51. The van der Waals surface area contributed by atoms with Crippen molar-refractivity contribution in [2.24, 2.45) is 11.8 Å². The van der Waals surface area contributed by atoms with Crippen LogP contribution in [0.3, 0.4) is 0 Å². The van der Waals surface area contributed by atoms with Gasteiger partial charge in [-0.25, -0.2) is 0 Å². The van der Waals surface area contributed by atoms with Crippen molar-refractivity contribution in [3.05, 3.63) is 11.8 Å². The van der Waals surface area contributed by atoms with E-state index in [4.69, 9.17) is 0 Å². The third-order valence-corrected chi connectivity index (χ3v) is 2.80. The number of aliphatic hydroxyl groups excluding tert-OH is 1. The van der Waals surface area contributed by atoms with Crippen molar-refractivity contribution in [3.63, 3.8) is 0 Å². The molecule has 0 aliphatic rings. The van der Waals surface area contributed by atoms with Crippen LogP contribution >= 0.6 is 0 Å². The highest BCUT2D eigenvalue weighted by molar-refractivity contribution is 5.92. The van der Waals surface area contributed by atoms with Crippen molar-refractivity contribution in [3.8, 4) is 0 Å². The molecule has 0 aromatic heterocycles. The Bertz CT molecular complexity index is 202. The topological polar surface area (TPSA) is 37.3 Å². The molecule has 0 spiro atoms. The fourth-order valence-electron chi connectivity index (χ4n) is 1.31. The summed E-state index contributed by atoms with van der Waals surface area (Å²) in [5.74, 6) is 0.451. The largest absolute Gasteiger partial charge is 0.512 e. The maximum absolute atomic E-state index is 11.6. The molecule has 0 saturated heterocycles. The van der Waals surface area contributed by atoms with Gasteiger partial charge in [-0.2, -0.15) is 0 Å². The summed E-state index contributed by atoms with van der Waals surface area (Å²) in [5.41, 5.74) is 0.